The van der Waals surface area contributed by atoms with Crippen molar-refractivity contribution < 1.29 is 178 Å². The van der Waals surface area contributed by atoms with Gasteiger partial charge in [-0.2, -0.15) is 30.6 Å². The van der Waals surface area contributed by atoms with Crippen LogP contribution >= 0.6 is 0 Å². The zero-order valence-electron chi connectivity index (χ0n) is 57.0. The average Bonchev–Trinajstić information content (AvgIpc) is 4.17. The maximum atomic E-state index is 10.2. The van der Waals surface area contributed by atoms with Crippen molar-refractivity contribution in [3.8, 4) is 0 Å². The fourth-order valence-electron chi connectivity index (χ4n) is 7.63. The molecule has 8 rings (SSSR count). The van der Waals surface area contributed by atoms with E-state index in [9.17, 15) is 14.4 Å². The Hall–Kier alpha value is 2.45. The van der Waals surface area contributed by atoms with Crippen molar-refractivity contribution in [1.82, 2.24) is 0 Å². The summed E-state index contributed by atoms with van der Waals surface area (Å²) >= 11 is 0. The van der Waals surface area contributed by atoms with E-state index in [1.165, 1.54) is 81.4 Å². The molecule has 2 aromatic carbocycles. The molecule has 0 aromatic heterocycles. The van der Waals surface area contributed by atoms with Crippen LogP contribution in [0.5, 0.6) is 0 Å². The standard InChI is InChI=1S/C10H8.C9H12.C8H10O.2C7H10O.C5H10.3C5H12.3C4H10.5Y/c1-2-6-10-8-4-3-7-9(10)5-1;1-2-5-9-7-3-6-8(9)4-1;1-2-7-4-3-5-8(7)6-9;1-6-3-2-4-7(6)5-8;8-6-5-7-3-1-2-4-7;1-2-4-5-3-1;3*1-5(2,3)4;3*1-4(2)3;;;;;/h1-8H;1-2,4-5,8-9H,3,6-7H2;1-2,7-8H,3-5H2;6-7H,1-4H2;3,7H,1-2,4-5H2;1-5H2;3*1-4H3;3*4H,1-3H3;;;;;/q;;3*-2;;;;;;;;;;;;. The average molecular weight is 1500 g/mol. The number of benzene rings is 2. The third-order valence-electron chi connectivity index (χ3n) is 10.8. The van der Waals surface area contributed by atoms with Gasteiger partial charge in [-0.3, -0.25) is 24.9 Å². The molecule has 0 saturated heterocycles. The van der Waals surface area contributed by atoms with Gasteiger partial charge in [-0.15, -0.1) is 5.92 Å². The van der Waals surface area contributed by atoms with Crippen molar-refractivity contribution in [3.63, 3.8) is 0 Å². The Kier molecular flexibility index (Phi) is 82.6. The van der Waals surface area contributed by atoms with Gasteiger partial charge >= 0.3 is 0 Å². The van der Waals surface area contributed by atoms with Crippen molar-refractivity contribution in [3.05, 3.63) is 98.8 Å². The summed E-state index contributed by atoms with van der Waals surface area (Å²) in [6, 6.07) is 16.7. The molecule has 7 atom stereocenters. The summed E-state index contributed by atoms with van der Waals surface area (Å²) in [5.74, 6) is 5.76. The molecule has 8 heteroatoms. The van der Waals surface area contributed by atoms with E-state index in [-0.39, 0.29) is 175 Å². The second-order valence-corrected chi connectivity index (χ2v) is 28.5. The van der Waals surface area contributed by atoms with E-state index in [0.29, 0.717) is 40.4 Å². The van der Waals surface area contributed by atoms with Crippen LogP contribution in [0.1, 0.15) is 261 Å². The Morgan fingerprint density at radius 2 is 0.802 bits per heavy atom. The first-order valence-corrected chi connectivity index (χ1v) is 30.4. The maximum absolute atomic E-state index is 10.2. The summed E-state index contributed by atoms with van der Waals surface area (Å²) < 4.78 is 0. The molecule has 7 unspecified atom stereocenters. The molecule has 5 saturated carbocycles. The summed E-state index contributed by atoms with van der Waals surface area (Å²) in [5.41, 5.74) is 1.50. The van der Waals surface area contributed by atoms with Crippen LogP contribution in [0.2, 0.25) is 0 Å². The number of fused-ring (bicyclic) bond motifs is 2. The minimum atomic E-state index is 0. The molecule has 0 heterocycles. The predicted octanol–water partition coefficient (Wildman–Crippen LogP) is 22.8. The summed E-state index contributed by atoms with van der Waals surface area (Å²) in [6.45, 7) is 54.9. The number of allylic oxidation sites excluding steroid dienone is 5. The summed E-state index contributed by atoms with van der Waals surface area (Å²) in [7, 11) is 0. The summed E-state index contributed by atoms with van der Waals surface area (Å²) in [4.78, 5) is 30.0. The van der Waals surface area contributed by atoms with Crippen molar-refractivity contribution in [1.29, 1.82) is 0 Å². The molecule has 0 bridgehead atoms. The molecule has 81 heavy (non-hydrogen) atoms. The topological polar surface area (TPSA) is 51.2 Å². The Balaban J connectivity index is -0.000000101. The Morgan fingerprint density at radius 3 is 1.04 bits per heavy atom. The van der Waals surface area contributed by atoms with Gasteiger partial charge in [0.25, 0.3) is 0 Å². The fourth-order valence-corrected chi connectivity index (χ4v) is 7.63. The second kappa shape index (κ2) is 65.4. The molecular weight excluding hydrogens is 1370 g/mol. The number of hydrogen-bond acceptors (Lipinski definition) is 3. The molecule has 0 aliphatic heterocycles. The van der Waals surface area contributed by atoms with Crippen molar-refractivity contribution >= 4 is 29.6 Å². The van der Waals surface area contributed by atoms with E-state index in [1.807, 2.05) is 18.9 Å². The van der Waals surface area contributed by atoms with E-state index in [1.54, 1.807) is 6.08 Å². The molecule has 6 aliphatic carbocycles. The summed E-state index contributed by atoms with van der Waals surface area (Å²) in [6.07, 6.45) is 41.4. The smallest absolute Gasteiger partial charge is 0 e. The molecule has 5 fully saturated rings. The first kappa shape index (κ1) is 102. The minimum Gasteiger partial charge on any atom is -0.542 e. The molecular formula is C73H126O3Y5-6. The maximum Gasteiger partial charge on any atom is 0 e. The van der Waals surface area contributed by atoms with Gasteiger partial charge in [0.05, 0.1) is 0 Å². The van der Waals surface area contributed by atoms with Gasteiger partial charge in [0.15, 0.2) is 0 Å². The van der Waals surface area contributed by atoms with Gasteiger partial charge in [0.2, 0.25) is 0 Å². The predicted molar refractivity (Wildman–Crippen MR) is 342 cm³/mol. The molecule has 2 aromatic rings. The van der Waals surface area contributed by atoms with Crippen molar-refractivity contribution in [2.24, 2.45) is 75.4 Å². The quantitative estimate of drug-likeness (QED) is 0.280. The minimum absolute atomic E-state index is 0. The van der Waals surface area contributed by atoms with Crippen LogP contribution < -0.4 is 0 Å². The monoisotopic (exact) mass is 1500 g/mol. The van der Waals surface area contributed by atoms with E-state index < -0.39 is 0 Å². The van der Waals surface area contributed by atoms with Crippen LogP contribution in [0, 0.1) is 95.3 Å². The molecule has 3 nitrogen and oxygen atoms in total. The van der Waals surface area contributed by atoms with Crippen LogP contribution in [-0.2, 0) is 178 Å². The van der Waals surface area contributed by atoms with Crippen molar-refractivity contribution in [2.45, 2.75) is 261 Å². The fraction of sp³-hybridized carbons (Fsp3) is 0.712. The Labute approximate surface area is 633 Å². The van der Waals surface area contributed by atoms with Gasteiger partial charge < -0.3 is 34.3 Å². The van der Waals surface area contributed by atoms with Crippen molar-refractivity contribution in [2.75, 3.05) is 0 Å². The van der Waals surface area contributed by atoms with E-state index in [2.05, 4.69) is 232 Å². The van der Waals surface area contributed by atoms with Crippen LogP contribution in [0.4, 0.5) is 0 Å². The number of hydrogen-bond donors (Lipinski definition) is 0. The third-order valence-corrected chi connectivity index (χ3v) is 10.8. The first-order valence-electron chi connectivity index (χ1n) is 30.4. The zero-order chi connectivity index (χ0) is 59.2. The van der Waals surface area contributed by atoms with Gasteiger partial charge in [-0.25, -0.2) is 0 Å². The third kappa shape index (κ3) is 86.7. The number of carbonyl (C=O) groups excluding carboxylic acids is 3. The van der Waals surface area contributed by atoms with Gasteiger partial charge in [-0.05, 0) is 69.4 Å². The van der Waals surface area contributed by atoms with Crippen LogP contribution in [0.15, 0.2) is 78.9 Å². The molecule has 0 N–H and O–H groups in total. The Bertz CT molecular complexity index is 1500. The number of rotatable bonds is 5. The largest absolute Gasteiger partial charge is 0.542 e. The van der Waals surface area contributed by atoms with Crippen LogP contribution in [-0.4, -0.2) is 18.9 Å². The molecule has 457 valence electrons. The second-order valence-electron chi connectivity index (χ2n) is 28.5. The SMILES string of the molecule is C1=CC2CCCC2C=C1.C1CCCC1.CC(C)(C)C.CC(C)(C)C.CC(C)(C)C.CC(C)C.CC(C)C.CC(C)C.O=[C-]CC1[CH-]CCC1.[CH-]=CC1CCCC1[C-]=O.[CH2-]C1CCCC1[C-]=O.[Y].[Y].[Y].[Y].[Y].c1ccc2ccccc2c1. The van der Waals surface area contributed by atoms with Crippen LogP contribution in [0.25, 0.3) is 10.8 Å². The van der Waals surface area contributed by atoms with E-state index in [0.717, 1.165) is 68.1 Å². The summed E-state index contributed by atoms with van der Waals surface area (Å²) in [5, 5.41) is 2.62. The van der Waals surface area contributed by atoms with E-state index >= 15 is 0 Å². The zero-order valence-corrected chi connectivity index (χ0v) is 71.2. The van der Waals surface area contributed by atoms with Gasteiger partial charge in [0.1, 0.15) is 0 Å². The molecule has 0 amide bonds. The van der Waals surface area contributed by atoms with Crippen LogP contribution in [0.3, 0.4) is 0 Å². The molecule has 6 aliphatic rings. The van der Waals surface area contributed by atoms with E-state index in [4.69, 9.17) is 6.58 Å². The Morgan fingerprint density at radius 1 is 0.494 bits per heavy atom. The van der Waals surface area contributed by atoms with Gasteiger partial charge in [0, 0.05) is 164 Å². The normalized spacial score (nSPS) is 20.9. The molecule has 5 radical (unpaired) electrons. The molecule has 0 spiro atoms. The van der Waals surface area contributed by atoms with Gasteiger partial charge in [-0.1, -0.05) is 314 Å². The first-order chi connectivity index (χ1) is 35.3.